The molecule has 4 rings (SSSR count). The second kappa shape index (κ2) is 10.1. The minimum atomic E-state index is 0.481. The average Bonchev–Trinajstić information content (AvgIpc) is 2.80. The standard InChI is InChI=1S/C21H28BrN7O/c1-30-18-9-8-16(14-17(18)22)15-23-27-19-24-20(28-10-4-2-5-11-28)26-21(25-19)29-12-6-3-7-13-29/h8-9,14-15H,2-7,10-13H2,1H3,(H,24,25,26,27). The van der Waals surface area contributed by atoms with Crippen molar-refractivity contribution in [3.8, 4) is 5.75 Å². The van der Waals surface area contributed by atoms with Crippen molar-refractivity contribution in [2.75, 3.05) is 48.5 Å². The molecule has 2 saturated heterocycles. The second-order valence-corrected chi connectivity index (χ2v) is 8.47. The lowest BCUT2D eigenvalue weighted by molar-refractivity contribution is 0.412. The Hall–Kier alpha value is -2.42. The van der Waals surface area contributed by atoms with Gasteiger partial charge in [0.05, 0.1) is 17.8 Å². The Bertz CT molecular complexity index is 843. The summed E-state index contributed by atoms with van der Waals surface area (Å²) in [6, 6.07) is 5.80. The van der Waals surface area contributed by atoms with Crippen LogP contribution in [-0.2, 0) is 0 Å². The molecule has 0 radical (unpaired) electrons. The average molecular weight is 474 g/mol. The van der Waals surface area contributed by atoms with Crippen LogP contribution in [0, 0.1) is 0 Å². The first kappa shape index (κ1) is 20.8. The van der Waals surface area contributed by atoms with E-state index >= 15 is 0 Å². The molecule has 2 aliphatic heterocycles. The molecule has 8 nitrogen and oxygen atoms in total. The van der Waals surface area contributed by atoms with Crippen LogP contribution in [-0.4, -0.2) is 54.5 Å². The molecule has 160 valence electrons. The van der Waals surface area contributed by atoms with Gasteiger partial charge in [-0.1, -0.05) is 0 Å². The Kier molecular flexibility index (Phi) is 6.99. The van der Waals surface area contributed by atoms with Gasteiger partial charge in [0.2, 0.25) is 17.8 Å². The third-order valence-corrected chi connectivity index (χ3v) is 6.06. The van der Waals surface area contributed by atoms with E-state index in [0.29, 0.717) is 5.95 Å². The zero-order chi connectivity index (χ0) is 20.8. The number of halogens is 1. The maximum Gasteiger partial charge on any atom is 0.250 e. The molecule has 0 amide bonds. The van der Waals surface area contributed by atoms with Gasteiger partial charge >= 0.3 is 0 Å². The normalized spacial score (nSPS) is 17.4. The number of anilines is 3. The summed E-state index contributed by atoms with van der Waals surface area (Å²) in [6.07, 6.45) is 9.00. The molecule has 0 bridgehead atoms. The number of hydrogen-bond acceptors (Lipinski definition) is 8. The molecule has 0 atom stereocenters. The second-order valence-electron chi connectivity index (χ2n) is 7.62. The molecule has 1 aromatic heterocycles. The van der Waals surface area contributed by atoms with E-state index in [0.717, 1.165) is 53.9 Å². The van der Waals surface area contributed by atoms with Gasteiger partial charge < -0.3 is 14.5 Å². The van der Waals surface area contributed by atoms with Gasteiger partial charge in [-0.2, -0.15) is 20.1 Å². The summed E-state index contributed by atoms with van der Waals surface area (Å²) in [6.45, 7) is 3.97. The SMILES string of the molecule is COc1ccc(C=NNc2nc(N3CCCCC3)nc(N3CCCCC3)n2)cc1Br. The van der Waals surface area contributed by atoms with Crippen LogP contribution in [0.2, 0.25) is 0 Å². The van der Waals surface area contributed by atoms with Crippen molar-refractivity contribution in [3.63, 3.8) is 0 Å². The zero-order valence-electron chi connectivity index (χ0n) is 17.3. The lowest BCUT2D eigenvalue weighted by atomic mass is 10.1. The molecule has 3 heterocycles. The largest absolute Gasteiger partial charge is 0.496 e. The van der Waals surface area contributed by atoms with E-state index in [4.69, 9.17) is 9.72 Å². The molecule has 0 aliphatic carbocycles. The third kappa shape index (κ3) is 5.19. The summed E-state index contributed by atoms with van der Waals surface area (Å²) in [5.74, 6) is 2.76. The maximum atomic E-state index is 5.27. The van der Waals surface area contributed by atoms with E-state index < -0.39 is 0 Å². The van der Waals surface area contributed by atoms with Crippen molar-refractivity contribution < 1.29 is 4.74 Å². The quantitative estimate of drug-likeness (QED) is 0.500. The van der Waals surface area contributed by atoms with E-state index in [2.05, 4.69) is 46.2 Å². The number of nitrogens with zero attached hydrogens (tertiary/aromatic N) is 6. The number of hydrogen-bond donors (Lipinski definition) is 1. The first-order valence-electron chi connectivity index (χ1n) is 10.6. The molecule has 2 aromatic rings. The molecular weight excluding hydrogens is 446 g/mol. The molecule has 0 unspecified atom stereocenters. The number of methoxy groups -OCH3 is 1. The van der Waals surface area contributed by atoms with Crippen molar-refractivity contribution in [1.82, 2.24) is 15.0 Å². The Morgan fingerprint density at radius 1 is 0.933 bits per heavy atom. The maximum absolute atomic E-state index is 5.27. The fourth-order valence-electron chi connectivity index (χ4n) is 3.80. The lowest BCUT2D eigenvalue weighted by Crippen LogP contribution is -2.34. The van der Waals surface area contributed by atoms with Gasteiger partial charge in [-0.3, -0.25) is 0 Å². The topological polar surface area (TPSA) is 78.8 Å². The molecule has 30 heavy (non-hydrogen) atoms. The third-order valence-electron chi connectivity index (χ3n) is 5.44. The summed E-state index contributed by atoms with van der Waals surface area (Å²) < 4.78 is 6.16. The molecule has 9 heteroatoms. The summed E-state index contributed by atoms with van der Waals surface area (Å²) >= 11 is 3.50. The van der Waals surface area contributed by atoms with Crippen LogP contribution in [0.15, 0.2) is 27.8 Å². The first-order chi connectivity index (χ1) is 14.7. The number of hydrazone groups is 1. The van der Waals surface area contributed by atoms with Crippen molar-refractivity contribution in [2.45, 2.75) is 38.5 Å². The van der Waals surface area contributed by atoms with Crippen LogP contribution in [0.25, 0.3) is 0 Å². The minimum Gasteiger partial charge on any atom is -0.496 e. The highest BCUT2D eigenvalue weighted by Crippen LogP contribution is 2.25. The van der Waals surface area contributed by atoms with Crippen molar-refractivity contribution in [2.24, 2.45) is 5.10 Å². The van der Waals surface area contributed by atoms with Gasteiger partial charge in [-0.05, 0) is 78.2 Å². The van der Waals surface area contributed by atoms with Crippen LogP contribution < -0.4 is 20.0 Å². The highest BCUT2D eigenvalue weighted by atomic mass is 79.9. The van der Waals surface area contributed by atoms with E-state index in [9.17, 15) is 0 Å². The highest BCUT2D eigenvalue weighted by molar-refractivity contribution is 9.10. The van der Waals surface area contributed by atoms with Gasteiger partial charge in [0, 0.05) is 26.2 Å². The Labute approximate surface area is 185 Å². The van der Waals surface area contributed by atoms with Crippen molar-refractivity contribution in [3.05, 3.63) is 28.2 Å². The Balaban J connectivity index is 1.53. The van der Waals surface area contributed by atoms with Crippen LogP contribution in [0.4, 0.5) is 17.8 Å². The van der Waals surface area contributed by atoms with E-state index in [1.807, 2.05) is 18.2 Å². The summed E-state index contributed by atoms with van der Waals surface area (Å²) in [4.78, 5) is 18.6. The molecule has 1 N–H and O–H groups in total. The molecule has 0 spiro atoms. The van der Waals surface area contributed by atoms with Crippen LogP contribution >= 0.6 is 15.9 Å². The Morgan fingerprint density at radius 2 is 1.53 bits per heavy atom. The smallest absolute Gasteiger partial charge is 0.250 e. The number of ether oxygens (including phenoxy) is 1. The molecule has 1 aromatic carbocycles. The summed E-state index contributed by atoms with van der Waals surface area (Å²) in [7, 11) is 1.65. The highest BCUT2D eigenvalue weighted by Gasteiger charge is 2.20. The van der Waals surface area contributed by atoms with E-state index in [-0.39, 0.29) is 0 Å². The zero-order valence-corrected chi connectivity index (χ0v) is 18.9. The molecule has 2 fully saturated rings. The van der Waals surface area contributed by atoms with Gasteiger partial charge in [0.1, 0.15) is 5.75 Å². The first-order valence-corrected chi connectivity index (χ1v) is 11.4. The predicted molar refractivity (Wildman–Crippen MR) is 124 cm³/mol. The van der Waals surface area contributed by atoms with Crippen molar-refractivity contribution >= 4 is 40.0 Å². The van der Waals surface area contributed by atoms with Crippen molar-refractivity contribution in [1.29, 1.82) is 0 Å². The number of rotatable bonds is 6. The van der Waals surface area contributed by atoms with Crippen LogP contribution in [0.1, 0.15) is 44.1 Å². The number of benzene rings is 1. The minimum absolute atomic E-state index is 0.481. The molecular formula is C21H28BrN7O. The van der Waals surface area contributed by atoms with Gasteiger partial charge in [0.25, 0.3) is 0 Å². The van der Waals surface area contributed by atoms with E-state index in [1.165, 1.54) is 38.5 Å². The number of piperidine rings is 2. The summed E-state index contributed by atoms with van der Waals surface area (Å²) in [5.41, 5.74) is 3.95. The van der Waals surface area contributed by atoms with Gasteiger partial charge in [0.15, 0.2) is 0 Å². The van der Waals surface area contributed by atoms with E-state index in [1.54, 1.807) is 13.3 Å². The lowest BCUT2D eigenvalue weighted by Gasteiger charge is -2.30. The summed E-state index contributed by atoms with van der Waals surface area (Å²) in [5, 5.41) is 4.35. The predicted octanol–water partition coefficient (Wildman–Crippen LogP) is 4.07. The fourth-order valence-corrected chi connectivity index (χ4v) is 4.36. The molecule has 2 aliphatic rings. The fraction of sp³-hybridized carbons (Fsp3) is 0.524. The Morgan fingerprint density at radius 3 is 2.07 bits per heavy atom. The monoisotopic (exact) mass is 473 g/mol. The van der Waals surface area contributed by atoms with Crippen LogP contribution in [0.3, 0.4) is 0 Å². The number of aromatic nitrogens is 3. The number of nitrogens with one attached hydrogen (secondary N) is 1. The van der Waals surface area contributed by atoms with Crippen LogP contribution in [0.5, 0.6) is 5.75 Å². The van der Waals surface area contributed by atoms with Gasteiger partial charge in [-0.25, -0.2) is 5.43 Å². The van der Waals surface area contributed by atoms with Gasteiger partial charge in [-0.15, -0.1) is 0 Å². The molecule has 0 saturated carbocycles.